The molecule has 0 saturated carbocycles. The number of aromatic nitrogens is 2. The van der Waals surface area contributed by atoms with Crippen molar-refractivity contribution in [3.63, 3.8) is 0 Å². The second kappa shape index (κ2) is 10.1. The van der Waals surface area contributed by atoms with Crippen molar-refractivity contribution in [2.75, 3.05) is 25.7 Å². The fourth-order valence-electron chi connectivity index (χ4n) is 4.53. The summed E-state index contributed by atoms with van der Waals surface area (Å²) in [5.41, 5.74) is 9.68. The van der Waals surface area contributed by atoms with Crippen molar-refractivity contribution in [1.82, 2.24) is 15.3 Å². The lowest BCUT2D eigenvalue weighted by atomic mass is 10.0. The van der Waals surface area contributed by atoms with Gasteiger partial charge in [-0.25, -0.2) is 4.98 Å². The standard InChI is InChI=1S/C28H27N5O4/c1-36-19-14-18(15-20(16-19)37-2)33-23(12-13-30-28(35)17-8-4-3-5-9-17)25(34)24(26(33)29)27-31-21-10-6-7-11-22(21)32-27/h3-11,14-16,23H,12-13,29H2,1-2H3,(H,30,35)(H,31,32). The van der Waals surface area contributed by atoms with E-state index in [2.05, 4.69) is 15.3 Å². The van der Waals surface area contributed by atoms with Crippen molar-refractivity contribution in [3.8, 4) is 11.5 Å². The van der Waals surface area contributed by atoms with Gasteiger partial charge in [0, 0.05) is 30.3 Å². The number of ether oxygens (including phenoxy) is 2. The molecule has 1 aliphatic heterocycles. The molecule has 1 atom stereocenters. The number of nitrogens with one attached hydrogen (secondary N) is 2. The number of benzene rings is 3. The normalized spacial score (nSPS) is 15.4. The van der Waals surface area contributed by atoms with E-state index < -0.39 is 6.04 Å². The molecule has 1 aliphatic rings. The predicted octanol–water partition coefficient (Wildman–Crippen LogP) is 3.49. The lowest BCUT2D eigenvalue weighted by molar-refractivity contribution is -0.114. The number of methoxy groups -OCH3 is 2. The molecule has 0 spiro atoms. The number of para-hydroxylation sites is 2. The van der Waals surface area contributed by atoms with E-state index in [1.54, 1.807) is 61.6 Å². The van der Waals surface area contributed by atoms with Gasteiger partial charge in [0.1, 0.15) is 34.8 Å². The number of fused-ring (bicyclic) bond motifs is 1. The minimum Gasteiger partial charge on any atom is -0.497 e. The highest BCUT2D eigenvalue weighted by Crippen LogP contribution is 2.38. The second-order valence-electron chi connectivity index (χ2n) is 8.59. The second-order valence-corrected chi connectivity index (χ2v) is 8.59. The number of amides is 1. The summed E-state index contributed by atoms with van der Waals surface area (Å²) >= 11 is 0. The Morgan fingerprint density at radius 1 is 1.03 bits per heavy atom. The molecule has 4 aromatic rings. The fourth-order valence-corrected chi connectivity index (χ4v) is 4.53. The molecule has 0 radical (unpaired) electrons. The summed E-state index contributed by atoms with van der Waals surface area (Å²) in [7, 11) is 3.12. The average Bonchev–Trinajstić information content (AvgIpc) is 3.46. The molecule has 0 aliphatic carbocycles. The van der Waals surface area contributed by atoms with Gasteiger partial charge in [-0.05, 0) is 30.7 Å². The van der Waals surface area contributed by atoms with Gasteiger partial charge in [0.25, 0.3) is 5.91 Å². The monoisotopic (exact) mass is 497 g/mol. The topological polar surface area (TPSA) is 123 Å². The molecular weight excluding hydrogens is 470 g/mol. The third kappa shape index (κ3) is 4.58. The number of rotatable bonds is 8. The van der Waals surface area contributed by atoms with Gasteiger partial charge < -0.3 is 30.4 Å². The lowest BCUT2D eigenvalue weighted by Gasteiger charge is -2.27. The molecule has 9 nitrogen and oxygen atoms in total. The lowest BCUT2D eigenvalue weighted by Crippen LogP contribution is -2.39. The molecule has 0 saturated heterocycles. The highest BCUT2D eigenvalue weighted by atomic mass is 16.5. The number of H-pyrrole nitrogens is 1. The molecule has 0 bridgehead atoms. The van der Waals surface area contributed by atoms with Crippen molar-refractivity contribution in [1.29, 1.82) is 0 Å². The van der Waals surface area contributed by atoms with Gasteiger partial charge in [0.15, 0.2) is 5.78 Å². The van der Waals surface area contributed by atoms with Crippen LogP contribution >= 0.6 is 0 Å². The molecular formula is C28H27N5O4. The molecule has 3 aromatic carbocycles. The predicted molar refractivity (Wildman–Crippen MR) is 141 cm³/mol. The number of imidazole rings is 1. The van der Waals surface area contributed by atoms with Crippen molar-refractivity contribution in [3.05, 3.63) is 90.0 Å². The number of aromatic amines is 1. The van der Waals surface area contributed by atoms with Crippen LogP contribution in [0.5, 0.6) is 11.5 Å². The zero-order valence-corrected chi connectivity index (χ0v) is 20.5. The van der Waals surface area contributed by atoms with Gasteiger partial charge in [-0.3, -0.25) is 9.59 Å². The van der Waals surface area contributed by atoms with Crippen LogP contribution in [0.2, 0.25) is 0 Å². The number of ketones is 1. The van der Waals surface area contributed by atoms with E-state index in [0.717, 1.165) is 11.0 Å². The number of carbonyl (C=O) groups is 2. The van der Waals surface area contributed by atoms with Crippen molar-refractivity contribution >= 4 is 34.0 Å². The molecule has 188 valence electrons. The maximum atomic E-state index is 13.8. The number of hydrogen-bond donors (Lipinski definition) is 3. The van der Waals surface area contributed by atoms with Crippen LogP contribution in [0.15, 0.2) is 78.6 Å². The van der Waals surface area contributed by atoms with Crippen molar-refractivity contribution < 1.29 is 19.1 Å². The Hall–Kier alpha value is -4.79. The Balaban J connectivity index is 1.50. The average molecular weight is 498 g/mol. The largest absolute Gasteiger partial charge is 0.497 e. The molecule has 9 heteroatoms. The zero-order valence-electron chi connectivity index (χ0n) is 20.5. The Kier molecular flexibility index (Phi) is 6.51. The molecule has 5 rings (SSSR count). The smallest absolute Gasteiger partial charge is 0.251 e. The third-order valence-corrected chi connectivity index (χ3v) is 6.36. The number of Topliss-reactive ketones (excluding diaryl/α,β-unsaturated/α-hetero) is 1. The van der Waals surface area contributed by atoms with Crippen LogP contribution in [-0.4, -0.2) is 48.5 Å². The SMILES string of the molecule is COc1cc(OC)cc(N2C(N)=C(c3nc4ccccc4[nH]3)C(=O)C2CCNC(=O)c2ccccc2)c1. The molecule has 2 heterocycles. The minimum atomic E-state index is -0.670. The summed E-state index contributed by atoms with van der Waals surface area (Å²) < 4.78 is 10.9. The van der Waals surface area contributed by atoms with Crippen LogP contribution in [0, 0.1) is 0 Å². The van der Waals surface area contributed by atoms with E-state index in [0.29, 0.717) is 40.6 Å². The first-order chi connectivity index (χ1) is 18.0. The van der Waals surface area contributed by atoms with Crippen LogP contribution in [0.25, 0.3) is 16.6 Å². The first-order valence-corrected chi connectivity index (χ1v) is 11.8. The Morgan fingerprint density at radius 3 is 2.38 bits per heavy atom. The summed E-state index contributed by atoms with van der Waals surface area (Å²) in [6.45, 7) is 0.266. The molecule has 1 unspecified atom stereocenters. The van der Waals surface area contributed by atoms with Crippen LogP contribution in [0.4, 0.5) is 5.69 Å². The maximum absolute atomic E-state index is 13.8. The van der Waals surface area contributed by atoms with Crippen molar-refractivity contribution in [2.45, 2.75) is 12.5 Å². The van der Waals surface area contributed by atoms with E-state index in [1.165, 1.54) is 0 Å². The number of hydrogen-bond acceptors (Lipinski definition) is 7. The van der Waals surface area contributed by atoms with Gasteiger partial charge in [-0.2, -0.15) is 0 Å². The van der Waals surface area contributed by atoms with Crippen LogP contribution < -0.4 is 25.4 Å². The quantitative estimate of drug-likeness (QED) is 0.341. The molecule has 37 heavy (non-hydrogen) atoms. The van der Waals surface area contributed by atoms with Crippen LogP contribution in [-0.2, 0) is 4.79 Å². The van der Waals surface area contributed by atoms with E-state index in [-0.39, 0.29) is 24.1 Å². The first kappa shape index (κ1) is 23.9. The number of carbonyl (C=O) groups excluding carboxylic acids is 2. The van der Waals surface area contributed by atoms with Gasteiger partial charge in [-0.15, -0.1) is 0 Å². The highest BCUT2D eigenvalue weighted by molar-refractivity contribution is 6.27. The number of nitrogens with zero attached hydrogens (tertiary/aromatic N) is 2. The van der Waals surface area contributed by atoms with E-state index in [1.807, 2.05) is 30.3 Å². The van der Waals surface area contributed by atoms with Crippen molar-refractivity contribution in [2.24, 2.45) is 5.73 Å². The highest BCUT2D eigenvalue weighted by Gasteiger charge is 2.41. The fraction of sp³-hybridized carbons (Fsp3) is 0.179. The van der Waals surface area contributed by atoms with E-state index >= 15 is 0 Å². The maximum Gasteiger partial charge on any atom is 0.251 e. The third-order valence-electron chi connectivity index (χ3n) is 6.36. The summed E-state index contributed by atoms with van der Waals surface area (Å²) in [5.74, 6) is 1.38. The van der Waals surface area contributed by atoms with Gasteiger partial charge in [0.2, 0.25) is 0 Å². The molecule has 1 aromatic heterocycles. The van der Waals surface area contributed by atoms with Gasteiger partial charge in [0.05, 0.1) is 30.9 Å². The van der Waals surface area contributed by atoms with Crippen LogP contribution in [0.3, 0.4) is 0 Å². The molecule has 1 amide bonds. The summed E-state index contributed by atoms with van der Waals surface area (Å²) in [6.07, 6.45) is 0.321. The molecule has 4 N–H and O–H groups in total. The minimum absolute atomic E-state index is 0.188. The van der Waals surface area contributed by atoms with Crippen LogP contribution in [0.1, 0.15) is 22.6 Å². The number of anilines is 1. The van der Waals surface area contributed by atoms with Gasteiger partial charge in [-0.1, -0.05) is 30.3 Å². The Bertz CT molecular complexity index is 1440. The summed E-state index contributed by atoms with van der Waals surface area (Å²) in [6, 6.07) is 21.1. The number of nitrogens with two attached hydrogens (primary N) is 1. The zero-order chi connectivity index (χ0) is 25.9. The molecule has 0 fully saturated rings. The first-order valence-electron chi connectivity index (χ1n) is 11.8. The summed E-state index contributed by atoms with van der Waals surface area (Å²) in [5, 5.41) is 2.90. The summed E-state index contributed by atoms with van der Waals surface area (Å²) in [4.78, 5) is 36.0. The Labute approximate surface area is 213 Å². The van der Waals surface area contributed by atoms with Gasteiger partial charge >= 0.3 is 0 Å². The van der Waals surface area contributed by atoms with E-state index in [4.69, 9.17) is 15.2 Å². The Morgan fingerprint density at radius 2 is 1.70 bits per heavy atom. The van der Waals surface area contributed by atoms with E-state index in [9.17, 15) is 9.59 Å².